The van der Waals surface area contributed by atoms with Crippen LogP contribution in [0.25, 0.3) is 0 Å². The second kappa shape index (κ2) is 7.88. The summed E-state index contributed by atoms with van der Waals surface area (Å²) in [6.07, 6.45) is 2.09. The van der Waals surface area contributed by atoms with Crippen molar-refractivity contribution in [2.24, 2.45) is 5.73 Å². The zero-order valence-electron chi connectivity index (χ0n) is 10.9. The maximum absolute atomic E-state index is 11.7. The molecule has 0 aliphatic rings. The number of carboxylic acid groups (broad SMARTS) is 1. The molecule has 1 atom stereocenters. The molecule has 0 radical (unpaired) electrons. The summed E-state index contributed by atoms with van der Waals surface area (Å²) in [5, 5.41) is 11.3. The molecule has 0 aliphatic heterocycles. The van der Waals surface area contributed by atoms with Gasteiger partial charge in [0.15, 0.2) is 0 Å². The molecule has 0 aromatic carbocycles. The highest BCUT2D eigenvalue weighted by Crippen LogP contribution is 2.01. The number of carbonyl (C=O) groups is 3. The molecule has 0 fully saturated rings. The maximum Gasteiger partial charge on any atom is 0.326 e. The molecular formula is C13H17N3O4. The minimum Gasteiger partial charge on any atom is -0.480 e. The van der Waals surface area contributed by atoms with Crippen LogP contribution < -0.4 is 11.1 Å². The standard InChI is InChI=1S/C13H17N3O4/c14-11(17)6-5-10(13(19)20)16-12(18)7-4-9-3-1-2-8-15-9/h1-3,8,10H,4-7H2,(H2,14,17)(H,16,18)(H,19,20)/t10-/m0/s1. The molecule has 1 rings (SSSR count). The number of aromatic nitrogens is 1. The van der Waals surface area contributed by atoms with Crippen molar-refractivity contribution in [2.75, 3.05) is 0 Å². The van der Waals surface area contributed by atoms with Gasteiger partial charge in [0.2, 0.25) is 11.8 Å². The van der Waals surface area contributed by atoms with E-state index in [1.54, 1.807) is 18.3 Å². The van der Waals surface area contributed by atoms with Crippen LogP contribution in [0.3, 0.4) is 0 Å². The van der Waals surface area contributed by atoms with E-state index in [4.69, 9.17) is 10.8 Å². The van der Waals surface area contributed by atoms with E-state index in [1.807, 2.05) is 6.07 Å². The quantitative estimate of drug-likeness (QED) is 0.610. The molecule has 20 heavy (non-hydrogen) atoms. The predicted octanol–water partition coefficient (Wildman–Crippen LogP) is -0.151. The Bertz CT molecular complexity index is 476. The largest absolute Gasteiger partial charge is 0.480 e. The van der Waals surface area contributed by atoms with E-state index in [-0.39, 0.29) is 19.3 Å². The van der Waals surface area contributed by atoms with E-state index in [1.165, 1.54) is 0 Å². The molecule has 4 N–H and O–H groups in total. The van der Waals surface area contributed by atoms with Crippen LogP contribution in [0.4, 0.5) is 0 Å². The normalized spacial score (nSPS) is 11.6. The lowest BCUT2D eigenvalue weighted by atomic mass is 10.1. The molecule has 0 bridgehead atoms. The van der Waals surface area contributed by atoms with Gasteiger partial charge in [0, 0.05) is 24.7 Å². The first-order chi connectivity index (χ1) is 9.49. The average molecular weight is 279 g/mol. The van der Waals surface area contributed by atoms with E-state index >= 15 is 0 Å². The molecule has 108 valence electrons. The number of nitrogens with one attached hydrogen (secondary N) is 1. The van der Waals surface area contributed by atoms with Crippen molar-refractivity contribution in [3.63, 3.8) is 0 Å². The number of primary amides is 1. The third-order valence-electron chi connectivity index (χ3n) is 2.65. The molecule has 1 aromatic rings. The van der Waals surface area contributed by atoms with Crippen LogP contribution in [-0.4, -0.2) is 33.9 Å². The summed E-state index contributed by atoms with van der Waals surface area (Å²) in [7, 11) is 0. The van der Waals surface area contributed by atoms with E-state index in [0.29, 0.717) is 6.42 Å². The number of carboxylic acids is 1. The van der Waals surface area contributed by atoms with E-state index < -0.39 is 23.8 Å². The van der Waals surface area contributed by atoms with Gasteiger partial charge in [0.25, 0.3) is 0 Å². The highest BCUT2D eigenvalue weighted by Gasteiger charge is 2.20. The fourth-order valence-electron chi connectivity index (χ4n) is 1.60. The van der Waals surface area contributed by atoms with Gasteiger partial charge in [-0.05, 0) is 25.0 Å². The maximum atomic E-state index is 11.7. The van der Waals surface area contributed by atoms with Crippen LogP contribution >= 0.6 is 0 Å². The number of amides is 2. The van der Waals surface area contributed by atoms with Gasteiger partial charge >= 0.3 is 5.97 Å². The van der Waals surface area contributed by atoms with E-state index in [0.717, 1.165) is 5.69 Å². The van der Waals surface area contributed by atoms with Crippen molar-refractivity contribution in [1.29, 1.82) is 0 Å². The molecule has 0 aliphatic carbocycles. The number of hydrogen-bond acceptors (Lipinski definition) is 4. The van der Waals surface area contributed by atoms with Gasteiger partial charge in [-0.15, -0.1) is 0 Å². The summed E-state index contributed by atoms with van der Waals surface area (Å²) in [4.78, 5) is 37.3. The Morgan fingerprint density at radius 1 is 1.30 bits per heavy atom. The van der Waals surface area contributed by atoms with Crippen molar-refractivity contribution in [2.45, 2.75) is 31.7 Å². The number of nitrogens with two attached hydrogens (primary N) is 1. The molecule has 0 spiro atoms. The van der Waals surface area contributed by atoms with Crippen LogP contribution in [0, 0.1) is 0 Å². The third-order valence-corrected chi connectivity index (χ3v) is 2.65. The number of pyridine rings is 1. The molecule has 0 saturated heterocycles. The van der Waals surface area contributed by atoms with Crippen LogP contribution in [0.5, 0.6) is 0 Å². The Morgan fingerprint density at radius 3 is 2.60 bits per heavy atom. The lowest BCUT2D eigenvalue weighted by Gasteiger charge is -2.13. The lowest BCUT2D eigenvalue weighted by Crippen LogP contribution is -2.41. The summed E-state index contributed by atoms with van der Waals surface area (Å²) in [6.45, 7) is 0. The summed E-state index contributed by atoms with van der Waals surface area (Å²) in [5.41, 5.74) is 5.71. The first-order valence-electron chi connectivity index (χ1n) is 6.19. The predicted molar refractivity (Wildman–Crippen MR) is 70.6 cm³/mol. The molecule has 1 aromatic heterocycles. The summed E-state index contributed by atoms with van der Waals surface area (Å²) < 4.78 is 0. The molecule has 7 nitrogen and oxygen atoms in total. The summed E-state index contributed by atoms with van der Waals surface area (Å²) >= 11 is 0. The number of aliphatic carboxylic acids is 1. The lowest BCUT2D eigenvalue weighted by molar-refractivity contribution is -0.142. The van der Waals surface area contributed by atoms with Crippen molar-refractivity contribution in [3.05, 3.63) is 30.1 Å². The topological polar surface area (TPSA) is 122 Å². The number of carbonyl (C=O) groups excluding carboxylic acids is 2. The molecule has 7 heteroatoms. The monoisotopic (exact) mass is 279 g/mol. The third kappa shape index (κ3) is 5.94. The SMILES string of the molecule is NC(=O)CC[C@H](NC(=O)CCc1ccccn1)C(=O)O. The van der Waals surface area contributed by atoms with Crippen LogP contribution in [0.15, 0.2) is 24.4 Å². The first kappa shape index (κ1) is 15.6. The minimum absolute atomic E-state index is 0.0139. The van der Waals surface area contributed by atoms with Gasteiger partial charge in [0.1, 0.15) is 6.04 Å². The Labute approximate surface area is 116 Å². The number of hydrogen-bond donors (Lipinski definition) is 3. The molecular weight excluding hydrogens is 262 g/mol. The fraction of sp³-hybridized carbons (Fsp3) is 0.385. The second-order valence-corrected chi connectivity index (χ2v) is 4.28. The smallest absolute Gasteiger partial charge is 0.326 e. The van der Waals surface area contributed by atoms with Gasteiger partial charge in [0.05, 0.1) is 0 Å². The Hall–Kier alpha value is -2.44. The highest BCUT2D eigenvalue weighted by molar-refractivity contribution is 5.84. The van der Waals surface area contributed by atoms with Crippen molar-refractivity contribution in [3.8, 4) is 0 Å². The molecule has 0 saturated carbocycles. The minimum atomic E-state index is -1.18. The number of rotatable bonds is 8. The highest BCUT2D eigenvalue weighted by atomic mass is 16.4. The zero-order valence-corrected chi connectivity index (χ0v) is 10.9. The van der Waals surface area contributed by atoms with Crippen molar-refractivity contribution < 1.29 is 19.5 Å². The number of aryl methyl sites for hydroxylation is 1. The van der Waals surface area contributed by atoms with Crippen LogP contribution in [0.2, 0.25) is 0 Å². The first-order valence-corrected chi connectivity index (χ1v) is 6.19. The zero-order chi connectivity index (χ0) is 15.0. The average Bonchev–Trinajstić information content (AvgIpc) is 2.41. The Morgan fingerprint density at radius 2 is 2.05 bits per heavy atom. The van der Waals surface area contributed by atoms with Gasteiger partial charge < -0.3 is 16.2 Å². The van der Waals surface area contributed by atoms with Gasteiger partial charge in [-0.1, -0.05) is 6.07 Å². The van der Waals surface area contributed by atoms with Crippen molar-refractivity contribution >= 4 is 17.8 Å². The van der Waals surface area contributed by atoms with Gasteiger partial charge in [-0.2, -0.15) is 0 Å². The van der Waals surface area contributed by atoms with Crippen molar-refractivity contribution in [1.82, 2.24) is 10.3 Å². The number of nitrogens with zero attached hydrogens (tertiary/aromatic N) is 1. The molecule has 0 unspecified atom stereocenters. The molecule has 2 amide bonds. The summed E-state index contributed by atoms with van der Waals surface area (Å²) in [5.74, 6) is -2.18. The van der Waals surface area contributed by atoms with Gasteiger partial charge in [-0.3, -0.25) is 14.6 Å². The Balaban J connectivity index is 2.41. The Kier molecular flexibility index (Phi) is 6.15. The summed E-state index contributed by atoms with van der Waals surface area (Å²) in [6, 6.07) is 4.27. The van der Waals surface area contributed by atoms with E-state index in [9.17, 15) is 14.4 Å². The van der Waals surface area contributed by atoms with Gasteiger partial charge in [-0.25, -0.2) is 4.79 Å². The van der Waals surface area contributed by atoms with Crippen LogP contribution in [0.1, 0.15) is 25.0 Å². The van der Waals surface area contributed by atoms with Crippen LogP contribution in [-0.2, 0) is 20.8 Å². The van der Waals surface area contributed by atoms with E-state index in [2.05, 4.69) is 10.3 Å². The second-order valence-electron chi connectivity index (χ2n) is 4.28. The molecule has 1 heterocycles. The fourth-order valence-corrected chi connectivity index (χ4v) is 1.60.